The molecule has 1 aromatic carbocycles. The molecular formula is C19H25N3O2. The van der Waals surface area contributed by atoms with Crippen molar-refractivity contribution in [2.24, 2.45) is 4.99 Å². The summed E-state index contributed by atoms with van der Waals surface area (Å²) in [5.41, 5.74) is 4.83. The molecule has 0 saturated carbocycles. The molecule has 0 radical (unpaired) electrons. The van der Waals surface area contributed by atoms with Gasteiger partial charge in [0.05, 0.1) is 11.6 Å². The number of aryl methyl sites for hydroxylation is 2. The molecule has 1 aromatic heterocycles. The highest BCUT2D eigenvalue weighted by Gasteiger charge is 2.15. The number of hydroxylamine groups is 1. The highest BCUT2D eigenvalue weighted by atomic mass is 16.5. The second-order valence-corrected chi connectivity index (χ2v) is 5.78. The molecule has 0 unspecified atom stereocenters. The quantitative estimate of drug-likeness (QED) is 0.469. The molecule has 24 heavy (non-hydrogen) atoms. The van der Waals surface area contributed by atoms with Gasteiger partial charge < -0.3 is 4.74 Å². The summed E-state index contributed by atoms with van der Waals surface area (Å²) in [6.07, 6.45) is 1.80. The summed E-state index contributed by atoms with van der Waals surface area (Å²) in [5.74, 6) is 1.49. The third-order valence-corrected chi connectivity index (χ3v) is 3.85. The first-order valence-corrected chi connectivity index (χ1v) is 8.27. The maximum Gasteiger partial charge on any atom is 0.230 e. The summed E-state index contributed by atoms with van der Waals surface area (Å²) in [6, 6.07) is 11.6. The fourth-order valence-electron chi connectivity index (χ4n) is 2.32. The van der Waals surface area contributed by atoms with E-state index < -0.39 is 0 Å². The Bertz CT molecular complexity index is 692. The van der Waals surface area contributed by atoms with Gasteiger partial charge in [0, 0.05) is 5.69 Å². The van der Waals surface area contributed by atoms with Crippen molar-refractivity contribution < 1.29 is 9.94 Å². The highest BCUT2D eigenvalue weighted by molar-refractivity contribution is 6.00. The Morgan fingerprint density at radius 2 is 1.79 bits per heavy atom. The van der Waals surface area contributed by atoms with Crippen LogP contribution in [-0.4, -0.2) is 22.1 Å². The third kappa shape index (κ3) is 4.55. The predicted molar refractivity (Wildman–Crippen MR) is 96.1 cm³/mol. The molecule has 0 aliphatic rings. The van der Waals surface area contributed by atoms with E-state index in [-0.39, 0.29) is 6.04 Å². The molecule has 0 fully saturated rings. The van der Waals surface area contributed by atoms with Crippen LogP contribution >= 0.6 is 0 Å². The molecule has 5 heteroatoms. The van der Waals surface area contributed by atoms with E-state index in [0.29, 0.717) is 23.0 Å². The number of amidine groups is 1. The molecule has 128 valence electrons. The van der Waals surface area contributed by atoms with Gasteiger partial charge in [0.2, 0.25) is 5.88 Å². The number of nitrogens with zero attached hydrogens (tertiary/aromatic N) is 2. The van der Waals surface area contributed by atoms with Gasteiger partial charge in [-0.15, -0.1) is 0 Å². The minimum Gasteiger partial charge on any atom is -0.438 e. The van der Waals surface area contributed by atoms with Crippen molar-refractivity contribution in [2.75, 3.05) is 0 Å². The minimum atomic E-state index is 0.133. The van der Waals surface area contributed by atoms with Crippen molar-refractivity contribution in [2.45, 2.75) is 46.6 Å². The standard InChI is InChI=1S/C19H25N3O2/c1-5-15(6-2)21-18(22-23)17-12-9-14(4)20-19(17)24-16-10-7-13(3)8-11-16/h7-12,15,23H,5-6H2,1-4H3,(H,21,22). The zero-order chi connectivity index (χ0) is 17.5. The normalized spacial score (nSPS) is 11.7. The second kappa shape index (κ2) is 8.45. The number of hydrogen-bond donors (Lipinski definition) is 2. The van der Waals surface area contributed by atoms with E-state index in [1.165, 1.54) is 0 Å². The number of aliphatic imine (C=N–C) groups is 1. The first-order chi connectivity index (χ1) is 11.6. The molecule has 1 heterocycles. The Hall–Kier alpha value is -2.40. The number of pyridine rings is 1. The van der Waals surface area contributed by atoms with Crippen LogP contribution in [0, 0.1) is 13.8 Å². The van der Waals surface area contributed by atoms with E-state index in [1.54, 1.807) is 0 Å². The molecule has 0 amide bonds. The van der Waals surface area contributed by atoms with Crippen molar-refractivity contribution >= 4 is 5.84 Å². The summed E-state index contributed by atoms with van der Waals surface area (Å²) in [6.45, 7) is 8.07. The lowest BCUT2D eigenvalue weighted by atomic mass is 10.1. The van der Waals surface area contributed by atoms with Crippen molar-refractivity contribution in [3.05, 3.63) is 53.2 Å². The van der Waals surface area contributed by atoms with Gasteiger partial charge in [-0.1, -0.05) is 31.5 Å². The van der Waals surface area contributed by atoms with Crippen LogP contribution in [0.1, 0.15) is 43.5 Å². The molecular weight excluding hydrogens is 302 g/mol. The molecule has 0 saturated heterocycles. The maximum absolute atomic E-state index is 9.55. The molecule has 2 N–H and O–H groups in total. The SMILES string of the molecule is CCC(CC)N=C(NO)c1ccc(C)nc1Oc1ccc(C)cc1. The van der Waals surface area contributed by atoms with Crippen molar-refractivity contribution in [1.29, 1.82) is 0 Å². The van der Waals surface area contributed by atoms with Crippen LogP contribution < -0.4 is 10.2 Å². The largest absolute Gasteiger partial charge is 0.438 e. The van der Waals surface area contributed by atoms with Gasteiger partial charge in [-0.2, -0.15) is 0 Å². The fourth-order valence-corrected chi connectivity index (χ4v) is 2.32. The molecule has 0 aliphatic heterocycles. The van der Waals surface area contributed by atoms with Crippen molar-refractivity contribution in [1.82, 2.24) is 10.5 Å². The molecule has 5 nitrogen and oxygen atoms in total. The number of hydrogen-bond acceptors (Lipinski definition) is 4. The average molecular weight is 327 g/mol. The summed E-state index contributed by atoms with van der Waals surface area (Å²) < 4.78 is 5.93. The summed E-state index contributed by atoms with van der Waals surface area (Å²) in [7, 11) is 0. The zero-order valence-corrected chi connectivity index (χ0v) is 14.7. The molecule has 0 aliphatic carbocycles. The Labute approximate surface area is 143 Å². The van der Waals surface area contributed by atoms with Crippen LogP contribution in [0.25, 0.3) is 0 Å². The molecule has 0 bridgehead atoms. The molecule has 2 rings (SSSR count). The zero-order valence-electron chi connectivity index (χ0n) is 14.7. The van der Waals surface area contributed by atoms with Crippen LogP contribution in [0.15, 0.2) is 41.4 Å². The van der Waals surface area contributed by atoms with Crippen LogP contribution in [0.3, 0.4) is 0 Å². The topological polar surface area (TPSA) is 66.7 Å². The Kier molecular flexibility index (Phi) is 6.32. The van der Waals surface area contributed by atoms with Crippen LogP contribution in [0.4, 0.5) is 0 Å². The summed E-state index contributed by atoms with van der Waals surface area (Å²) >= 11 is 0. The first-order valence-electron chi connectivity index (χ1n) is 8.27. The van der Waals surface area contributed by atoms with Gasteiger partial charge in [0.15, 0.2) is 5.84 Å². The number of aromatic nitrogens is 1. The first kappa shape index (κ1) is 17.9. The lowest BCUT2D eigenvalue weighted by Crippen LogP contribution is -2.24. The number of nitrogens with one attached hydrogen (secondary N) is 1. The molecule has 0 atom stereocenters. The van der Waals surface area contributed by atoms with E-state index in [0.717, 1.165) is 24.1 Å². The Morgan fingerprint density at radius 3 is 2.38 bits per heavy atom. The number of benzene rings is 1. The van der Waals surface area contributed by atoms with Gasteiger partial charge in [-0.25, -0.2) is 4.98 Å². The van der Waals surface area contributed by atoms with E-state index in [2.05, 4.69) is 29.3 Å². The fraction of sp³-hybridized carbons (Fsp3) is 0.368. The maximum atomic E-state index is 9.55. The van der Waals surface area contributed by atoms with E-state index in [4.69, 9.17) is 4.74 Å². The van der Waals surface area contributed by atoms with Crippen LogP contribution in [0.5, 0.6) is 11.6 Å². The molecule has 0 spiro atoms. The second-order valence-electron chi connectivity index (χ2n) is 5.78. The van der Waals surface area contributed by atoms with Crippen LogP contribution in [-0.2, 0) is 0 Å². The van der Waals surface area contributed by atoms with Gasteiger partial charge in [-0.3, -0.25) is 15.7 Å². The van der Waals surface area contributed by atoms with E-state index in [1.807, 2.05) is 50.2 Å². The third-order valence-electron chi connectivity index (χ3n) is 3.85. The number of ether oxygens (including phenoxy) is 1. The van der Waals surface area contributed by atoms with Gasteiger partial charge in [0.1, 0.15) is 5.75 Å². The lowest BCUT2D eigenvalue weighted by Gasteiger charge is -2.14. The molecule has 2 aromatic rings. The average Bonchev–Trinajstić information content (AvgIpc) is 2.59. The lowest BCUT2D eigenvalue weighted by molar-refractivity contribution is 0.233. The van der Waals surface area contributed by atoms with Gasteiger partial charge in [-0.05, 0) is 51.0 Å². The minimum absolute atomic E-state index is 0.133. The Balaban J connectivity index is 2.40. The van der Waals surface area contributed by atoms with Crippen molar-refractivity contribution in [3.8, 4) is 11.6 Å². The summed E-state index contributed by atoms with van der Waals surface area (Å²) in [5, 5.41) is 9.55. The smallest absolute Gasteiger partial charge is 0.230 e. The number of rotatable bonds is 6. The monoisotopic (exact) mass is 327 g/mol. The van der Waals surface area contributed by atoms with Gasteiger partial charge >= 0.3 is 0 Å². The van der Waals surface area contributed by atoms with E-state index in [9.17, 15) is 5.21 Å². The van der Waals surface area contributed by atoms with Gasteiger partial charge in [0.25, 0.3) is 0 Å². The van der Waals surface area contributed by atoms with Crippen molar-refractivity contribution in [3.63, 3.8) is 0 Å². The summed E-state index contributed by atoms with van der Waals surface area (Å²) in [4.78, 5) is 9.05. The highest BCUT2D eigenvalue weighted by Crippen LogP contribution is 2.24. The van der Waals surface area contributed by atoms with E-state index >= 15 is 0 Å². The van der Waals surface area contributed by atoms with Crippen LogP contribution in [0.2, 0.25) is 0 Å². The predicted octanol–water partition coefficient (Wildman–Crippen LogP) is 4.40. The Morgan fingerprint density at radius 1 is 1.12 bits per heavy atom.